The molecule has 2 nitrogen and oxygen atoms in total. The largest absolute Gasteiger partial charge is 0.310 e. The van der Waals surface area contributed by atoms with E-state index < -0.39 is 0 Å². The first-order chi connectivity index (χ1) is 29.6. The Labute approximate surface area is 360 Å². The topological polar surface area (TPSA) is 6.48 Å². The molecule has 61 heavy (non-hydrogen) atoms. The first-order valence-electron chi connectivity index (χ1n) is 21.4. The molecule has 10 rings (SSSR count). The molecule has 0 fully saturated rings. The summed E-state index contributed by atoms with van der Waals surface area (Å²) in [5.41, 5.74) is 19.5. The highest BCUT2D eigenvalue weighted by Gasteiger charge is 2.36. The Balaban J connectivity index is 0.974. The van der Waals surface area contributed by atoms with Crippen molar-refractivity contribution in [2.75, 3.05) is 9.80 Å². The smallest absolute Gasteiger partial charge is 0.0540 e. The SMILES string of the molecule is Cc1cc(C)cc(N(c2ccc(/C=C/c3ccc4c(c3)C(C)(C)c3cc(N(c5cc(C)cc(C)c5)c5cccc6ccccc56)ccc3-4)cc2)c2cccc3ccccc23)c1. The molecule has 0 N–H and O–H groups in total. The van der Waals surface area contributed by atoms with Crippen molar-refractivity contribution in [3.63, 3.8) is 0 Å². The first-order valence-corrected chi connectivity index (χ1v) is 21.4. The lowest BCUT2D eigenvalue weighted by Gasteiger charge is -2.29. The summed E-state index contributed by atoms with van der Waals surface area (Å²) in [6.07, 6.45) is 4.50. The highest BCUT2D eigenvalue weighted by molar-refractivity contribution is 6.00. The number of hydrogen-bond acceptors (Lipinski definition) is 2. The molecule has 0 amide bonds. The molecule has 0 saturated carbocycles. The molecule has 0 aromatic heterocycles. The van der Waals surface area contributed by atoms with E-state index in [0.717, 1.165) is 16.9 Å². The summed E-state index contributed by atoms with van der Waals surface area (Å²) in [7, 11) is 0. The first kappa shape index (κ1) is 38.1. The second-order valence-electron chi connectivity index (χ2n) is 17.4. The predicted molar refractivity (Wildman–Crippen MR) is 263 cm³/mol. The summed E-state index contributed by atoms with van der Waals surface area (Å²) in [5, 5.41) is 4.94. The van der Waals surface area contributed by atoms with Crippen LogP contribution in [-0.2, 0) is 5.41 Å². The van der Waals surface area contributed by atoms with Crippen LogP contribution in [0.15, 0.2) is 182 Å². The Kier molecular flexibility index (Phi) is 9.45. The van der Waals surface area contributed by atoms with Gasteiger partial charge in [-0.15, -0.1) is 0 Å². The number of anilines is 6. The van der Waals surface area contributed by atoms with Crippen LogP contribution in [0.1, 0.15) is 58.4 Å². The Bertz CT molecular complexity index is 3120. The van der Waals surface area contributed by atoms with Crippen LogP contribution >= 0.6 is 0 Å². The maximum absolute atomic E-state index is 2.45. The summed E-state index contributed by atoms with van der Waals surface area (Å²) in [6.45, 7) is 13.5. The number of nitrogens with zero attached hydrogens (tertiary/aromatic N) is 2. The molecule has 9 aromatic carbocycles. The second kappa shape index (κ2) is 15.1. The maximum atomic E-state index is 2.45. The fourth-order valence-electron chi connectivity index (χ4n) is 9.73. The van der Waals surface area contributed by atoms with Crippen molar-refractivity contribution < 1.29 is 0 Å². The lowest BCUT2D eigenvalue weighted by molar-refractivity contribution is 0.660. The Morgan fingerprint density at radius 3 is 1.34 bits per heavy atom. The van der Waals surface area contributed by atoms with E-state index in [1.165, 1.54) is 94.4 Å². The fraction of sp³-hybridized carbons (Fsp3) is 0.119. The number of aryl methyl sites for hydroxylation is 4. The molecule has 0 unspecified atom stereocenters. The Morgan fingerprint density at radius 1 is 0.361 bits per heavy atom. The van der Waals surface area contributed by atoms with E-state index in [0.29, 0.717) is 0 Å². The quantitative estimate of drug-likeness (QED) is 0.142. The summed E-state index contributed by atoms with van der Waals surface area (Å²) in [6, 6.07) is 67.3. The molecule has 0 aliphatic heterocycles. The third kappa shape index (κ3) is 6.98. The molecule has 0 radical (unpaired) electrons. The minimum absolute atomic E-state index is 0.182. The summed E-state index contributed by atoms with van der Waals surface area (Å²) >= 11 is 0. The van der Waals surface area contributed by atoms with Crippen LogP contribution in [-0.4, -0.2) is 0 Å². The standard InChI is InChI=1S/C59H50N2/c1-39-31-40(2)34-49(33-39)60(57-19-11-15-45-13-7-9-17-51(45)57)47-26-23-43(24-27-47)21-22-44-25-29-53-54-30-28-48(38-56(54)59(5,6)55(53)37-44)61(50-35-41(3)32-42(4)36-50)58-20-12-16-46-14-8-10-18-52(46)58/h7-38H,1-6H3/b22-21+. The van der Waals surface area contributed by atoms with E-state index in [1.807, 2.05) is 0 Å². The van der Waals surface area contributed by atoms with Gasteiger partial charge >= 0.3 is 0 Å². The maximum Gasteiger partial charge on any atom is 0.0540 e. The molecule has 0 atom stereocenters. The van der Waals surface area contributed by atoms with Gasteiger partial charge in [-0.25, -0.2) is 0 Å². The summed E-state index contributed by atoms with van der Waals surface area (Å²) in [5.74, 6) is 0. The summed E-state index contributed by atoms with van der Waals surface area (Å²) < 4.78 is 0. The van der Waals surface area contributed by atoms with Gasteiger partial charge < -0.3 is 9.80 Å². The van der Waals surface area contributed by atoms with Gasteiger partial charge in [-0.1, -0.05) is 147 Å². The van der Waals surface area contributed by atoms with Crippen LogP contribution in [0, 0.1) is 27.7 Å². The van der Waals surface area contributed by atoms with E-state index in [-0.39, 0.29) is 5.41 Å². The van der Waals surface area contributed by atoms with Gasteiger partial charge in [-0.3, -0.25) is 0 Å². The van der Waals surface area contributed by atoms with Gasteiger partial charge in [0.1, 0.15) is 0 Å². The van der Waals surface area contributed by atoms with Gasteiger partial charge in [0.05, 0.1) is 11.4 Å². The van der Waals surface area contributed by atoms with Crippen LogP contribution in [0.3, 0.4) is 0 Å². The zero-order valence-corrected chi connectivity index (χ0v) is 35.9. The molecule has 0 bridgehead atoms. The van der Waals surface area contributed by atoms with Crippen molar-refractivity contribution in [1.82, 2.24) is 0 Å². The van der Waals surface area contributed by atoms with Crippen molar-refractivity contribution >= 4 is 67.8 Å². The summed E-state index contributed by atoms with van der Waals surface area (Å²) in [4.78, 5) is 4.84. The molecule has 1 aliphatic rings. The van der Waals surface area contributed by atoms with E-state index >= 15 is 0 Å². The molecule has 9 aromatic rings. The highest BCUT2D eigenvalue weighted by atomic mass is 15.1. The molecular formula is C59H50N2. The van der Waals surface area contributed by atoms with E-state index in [9.17, 15) is 0 Å². The number of fused-ring (bicyclic) bond motifs is 5. The molecule has 296 valence electrons. The zero-order chi connectivity index (χ0) is 41.8. The van der Waals surface area contributed by atoms with Gasteiger partial charge in [-0.2, -0.15) is 0 Å². The molecule has 2 heteroatoms. The van der Waals surface area contributed by atoms with E-state index in [1.54, 1.807) is 0 Å². The molecule has 0 spiro atoms. The molecule has 0 saturated heterocycles. The van der Waals surface area contributed by atoms with Crippen LogP contribution < -0.4 is 9.80 Å². The van der Waals surface area contributed by atoms with E-state index in [2.05, 4.69) is 245 Å². The minimum atomic E-state index is -0.182. The van der Waals surface area contributed by atoms with Gasteiger partial charge in [0.15, 0.2) is 0 Å². The van der Waals surface area contributed by atoms with Crippen molar-refractivity contribution in [1.29, 1.82) is 0 Å². The normalized spacial score (nSPS) is 12.8. The molecular weight excluding hydrogens is 737 g/mol. The monoisotopic (exact) mass is 786 g/mol. The van der Waals surface area contributed by atoms with Gasteiger partial charge in [-0.05, 0) is 155 Å². The number of rotatable bonds is 8. The third-order valence-corrected chi connectivity index (χ3v) is 12.5. The average molecular weight is 787 g/mol. The third-order valence-electron chi connectivity index (χ3n) is 12.5. The molecule has 0 heterocycles. The number of hydrogen-bond donors (Lipinski definition) is 0. The van der Waals surface area contributed by atoms with Crippen molar-refractivity contribution in [3.05, 3.63) is 226 Å². The predicted octanol–water partition coefficient (Wildman–Crippen LogP) is 16.6. The highest BCUT2D eigenvalue weighted by Crippen LogP contribution is 2.51. The van der Waals surface area contributed by atoms with E-state index in [4.69, 9.17) is 0 Å². The second-order valence-corrected chi connectivity index (χ2v) is 17.4. The average Bonchev–Trinajstić information content (AvgIpc) is 3.48. The Hall–Kier alpha value is -7.16. The number of benzene rings is 9. The van der Waals surface area contributed by atoms with Crippen LogP contribution in [0.25, 0.3) is 44.8 Å². The van der Waals surface area contributed by atoms with Gasteiger partial charge in [0, 0.05) is 38.9 Å². The van der Waals surface area contributed by atoms with Crippen LogP contribution in [0.2, 0.25) is 0 Å². The van der Waals surface area contributed by atoms with Crippen molar-refractivity contribution in [3.8, 4) is 11.1 Å². The molecule has 1 aliphatic carbocycles. The van der Waals surface area contributed by atoms with Crippen molar-refractivity contribution in [2.45, 2.75) is 47.0 Å². The van der Waals surface area contributed by atoms with Crippen molar-refractivity contribution in [2.24, 2.45) is 0 Å². The van der Waals surface area contributed by atoms with Gasteiger partial charge in [0.25, 0.3) is 0 Å². The fourth-order valence-corrected chi connectivity index (χ4v) is 9.73. The Morgan fingerprint density at radius 2 is 0.787 bits per heavy atom. The zero-order valence-electron chi connectivity index (χ0n) is 35.9. The lowest BCUT2D eigenvalue weighted by atomic mass is 9.81. The van der Waals surface area contributed by atoms with Crippen LogP contribution in [0.4, 0.5) is 34.1 Å². The van der Waals surface area contributed by atoms with Crippen LogP contribution in [0.5, 0.6) is 0 Å². The van der Waals surface area contributed by atoms with Gasteiger partial charge in [0.2, 0.25) is 0 Å². The minimum Gasteiger partial charge on any atom is -0.310 e. The lowest BCUT2D eigenvalue weighted by Crippen LogP contribution is -2.17.